The van der Waals surface area contributed by atoms with Crippen molar-refractivity contribution in [1.29, 1.82) is 0 Å². The molecule has 0 aliphatic rings. The Hall–Kier alpha value is -6.66. The largest absolute Gasteiger partial charge is 0.456 e. The lowest BCUT2D eigenvalue weighted by Gasteiger charge is -2.11. The van der Waals surface area contributed by atoms with Gasteiger partial charge in [-0.25, -0.2) is 15.0 Å². The molecule has 6 heteroatoms. The molecule has 0 unspecified atom stereocenters. The standard InChI is InChI=1S/C42H24N4O2/c1-3-10-25(11-4-1)40-44-41(26-12-5-2-6-13-26)46-42(45-40)34-20-28(30-15-9-16-32-31-14-7-8-17-35(31)48-39(30)32)23-37-38(34)33-21-29-24-43-19-18-27(29)22-36(33)47-37/h1-24H. The molecule has 0 saturated carbocycles. The van der Waals surface area contributed by atoms with Crippen LogP contribution in [-0.2, 0) is 0 Å². The normalized spacial score (nSPS) is 11.8. The van der Waals surface area contributed by atoms with Crippen molar-refractivity contribution < 1.29 is 8.83 Å². The maximum atomic E-state index is 6.66. The maximum absolute atomic E-state index is 6.66. The van der Waals surface area contributed by atoms with Crippen molar-refractivity contribution in [3.05, 3.63) is 146 Å². The van der Waals surface area contributed by atoms with Crippen LogP contribution in [0.5, 0.6) is 0 Å². The monoisotopic (exact) mass is 616 g/mol. The van der Waals surface area contributed by atoms with E-state index in [1.807, 2.05) is 91.1 Å². The van der Waals surface area contributed by atoms with Gasteiger partial charge >= 0.3 is 0 Å². The Bertz CT molecular complexity index is 2780. The third-order valence-electron chi connectivity index (χ3n) is 8.99. The van der Waals surface area contributed by atoms with Crippen molar-refractivity contribution in [2.24, 2.45) is 0 Å². The molecule has 0 aliphatic heterocycles. The van der Waals surface area contributed by atoms with Crippen LogP contribution in [0.1, 0.15) is 0 Å². The van der Waals surface area contributed by atoms with Crippen molar-refractivity contribution in [3.63, 3.8) is 0 Å². The van der Waals surface area contributed by atoms with E-state index in [1.54, 1.807) is 6.20 Å². The van der Waals surface area contributed by atoms with Gasteiger partial charge in [0.05, 0.1) is 0 Å². The van der Waals surface area contributed by atoms with Crippen LogP contribution in [0.15, 0.2) is 155 Å². The van der Waals surface area contributed by atoms with Gasteiger partial charge < -0.3 is 8.83 Å². The Kier molecular flexibility index (Phi) is 5.77. The van der Waals surface area contributed by atoms with E-state index in [0.29, 0.717) is 17.5 Å². The summed E-state index contributed by atoms with van der Waals surface area (Å²) in [6.07, 6.45) is 3.68. The van der Waals surface area contributed by atoms with E-state index in [2.05, 4.69) is 53.5 Å². The van der Waals surface area contributed by atoms with E-state index in [4.69, 9.17) is 23.8 Å². The van der Waals surface area contributed by atoms with Gasteiger partial charge in [-0.1, -0.05) is 97.1 Å². The highest BCUT2D eigenvalue weighted by Gasteiger charge is 2.21. The zero-order chi connectivity index (χ0) is 31.6. The average Bonchev–Trinajstić information content (AvgIpc) is 3.72. The fourth-order valence-corrected chi connectivity index (χ4v) is 6.72. The molecule has 0 N–H and O–H groups in total. The summed E-state index contributed by atoms with van der Waals surface area (Å²) < 4.78 is 13.1. The van der Waals surface area contributed by atoms with Gasteiger partial charge in [0.15, 0.2) is 17.5 Å². The third kappa shape index (κ3) is 4.20. The molecule has 0 radical (unpaired) electrons. The molecule has 0 spiro atoms. The topological polar surface area (TPSA) is 77.8 Å². The van der Waals surface area contributed by atoms with Crippen LogP contribution >= 0.6 is 0 Å². The van der Waals surface area contributed by atoms with Crippen molar-refractivity contribution in [2.75, 3.05) is 0 Å². The first kappa shape index (κ1) is 26.5. The van der Waals surface area contributed by atoms with Crippen LogP contribution < -0.4 is 0 Å². The second kappa shape index (κ2) is 10.4. The zero-order valence-electron chi connectivity index (χ0n) is 25.5. The Morgan fingerprint density at radius 2 is 1.12 bits per heavy atom. The number of fused-ring (bicyclic) bond motifs is 7. The quantitative estimate of drug-likeness (QED) is 0.196. The first-order valence-electron chi connectivity index (χ1n) is 15.8. The Balaban J connectivity index is 1.31. The average molecular weight is 617 g/mol. The second-order valence-electron chi connectivity index (χ2n) is 11.9. The van der Waals surface area contributed by atoms with Crippen molar-refractivity contribution in [1.82, 2.24) is 19.9 Å². The van der Waals surface area contributed by atoms with Crippen LogP contribution in [-0.4, -0.2) is 19.9 Å². The number of hydrogen-bond acceptors (Lipinski definition) is 6. The molecular formula is C42H24N4O2. The van der Waals surface area contributed by atoms with Crippen LogP contribution in [0.25, 0.3) is 99.9 Å². The van der Waals surface area contributed by atoms with Gasteiger partial charge in [-0.3, -0.25) is 4.98 Å². The van der Waals surface area contributed by atoms with Crippen LogP contribution in [0, 0.1) is 0 Å². The molecule has 0 saturated heterocycles. The molecule has 0 aliphatic carbocycles. The summed E-state index contributed by atoms with van der Waals surface area (Å²) in [4.78, 5) is 19.6. The first-order valence-corrected chi connectivity index (χ1v) is 15.8. The van der Waals surface area contributed by atoms with Gasteiger partial charge in [0, 0.05) is 61.6 Å². The molecule has 0 bridgehead atoms. The molecule has 10 aromatic rings. The van der Waals surface area contributed by atoms with Gasteiger partial charge in [0.2, 0.25) is 0 Å². The summed E-state index contributed by atoms with van der Waals surface area (Å²) in [5, 5.41) is 6.13. The number of rotatable bonds is 4. The lowest BCUT2D eigenvalue weighted by Crippen LogP contribution is -2.00. The van der Waals surface area contributed by atoms with Crippen LogP contribution in [0.2, 0.25) is 0 Å². The number of hydrogen-bond donors (Lipinski definition) is 0. The molecule has 6 aromatic carbocycles. The Morgan fingerprint density at radius 1 is 0.417 bits per heavy atom. The van der Waals surface area contributed by atoms with E-state index in [1.165, 1.54) is 0 Å². The van der Waals surface area contributed by atoms with E-state index in [-0.39, 0.29) is 0 Å². The summed E-state index contributed by atoms with van der Waals surface area (Å²) in [6.45, 7) is 0. The number of benzene rings is 6. The smallest absolute Gasteiger partial charge is 0.164 e. The second-order valence-corrected chi connectivity index (χ2v) is 11.9. The maximum Gasteiger partial charge on any atom is 0.164 e. The van der Waals surface area contributed by atoms with E-state index in [0.717, 1.165) is 82.5 Å². The zero-order valence-corrected chi connectivity index (χ0v) is 25.5. The van der Waals surface area contributed by atoms with Crippen LogP contribution in [0.4, 0.5) is 0 Å². The summed E-state index contributed by atoms with van der Waals surface area (Å²) in [7, 11) is 0. The predicted octanol–water partition coefficient (Wildman–Crippen LogP) is 10.9. The van der Waals surface area contributed by atoms with E-state index < -0.39 is 0 Å². The highest BCUT2D eigenvalue weighted by molar-refractivity contribution is 6.17. The predicted molar refractivity (Wildman–Crippen MR) is 191 cm³/mol. The van der Waals surface area contributed by atoms with Gasteiger partial charge in [-0.15, -0.1) is 0 Å². The van der Waals surface area contributed by atoms with Gasteiger partial charge in [0.1, 0.15) is 22.3 Å². The molecule has 6 nitrogen and oxygen atoms in total. The lowest BCUT2D eigenvalue weighted by atomic mass is 9.96. The molecule has 0 amide bonds. The Morgan fingerprint density at radius 3 is 1.92 bits per heavy atom. The highest BCUT2D eigenvalue weighted by atomic mass is 16.3. The SMILES string of the molecule is c1ccc(-c2nc(-c3ccccc3)nc(-c3cc(-c4cccc5c4oc4ccccc45)cc4oc5cc6ccncc6cc5c34)n2)cc1. The summed E-state index contributed by atoms with van der Waals surface area (Å²) in [5.41, 5.74) is 7.75. The molecule has 224 valence electrons. The minimum absolute atomic E-state index is 0.556. The summed E-state index contributed by atoms with van der Waals surface area (Å²) >= 11 is 0. The first-order chi connectivity index (χ1) is 23.8. The van der Waals surface area contributed by atoms with Crippen LogP contribution in [0.3, 0.4) is 0 Å². The number of furan rings is 2. The van der Waals surface area contributed by atoms with E-state index in [9.17, 15) is 0 Å². The van der Waals surface area contributed by atoms with Gasteiger partial charge in [0.25, 0.3) is 0 Å². The fourth-order valence-electron chi connectivity index (χ4n) is 6.72. The molecule has 10 rings (SSSR count). The molecular weight excluding hydrogens is 592 g/mol. The van der Waals surface area contributed by atoms with Gasteiger partial charge in [-0.05, 0) is 47.3 Å². The molecule has 4 aromatic heterocycles. The number of para-hydroxylation sites is 2. The summed E-state index contributed by atoms with van der Waals surface area (Å²) in [6, 6.07) is 45.0. The minimum atomic E-state index is 0.556. The molecule has 48 heavy (non-hydrogen) atoms. The van der Waals surface area contributed by atoms with Crippen molar-refractivity contribution in [2.45, 2.75) is 0 Å². The number of pyridine rings is 1. The Labute approximate surface area is 274 Å². The number of aromatic nitrogens is 4. The molecule has 4 heterocycles. The summed E-state index contributed by atoms with van der Waals surface area (Å²) in [5.74, 6) is 1.75. The minimum Gasteiger partial charge on any atom is -0.456 e. The van der Waals surface area contributed by atoms with Crippen molar-refractivity contribution >= 4 is 54.6 Å². The lowest BCUT2D eigenvalue weighted by molar-refractivity contribution is 0.668. The molecule has 0 atom stereocenters. The third-order valence-corrected chi connectivity index (χ3v) is 8.99. The van der Waals surface area contributed by atoms with Gasteiger partial charge in [-0.2, -0.15) is 0 Å². The fraction of sp³-hybridized carbons (Fsp3) is 0. The highest BCUT2D eigenvalue weighted by Crippen LogP contribution is 2.43. The van der Waals surface area contributed by atoms with E-state index >= 15 is 0 Å². The van der Waals surface area contributed by atoms with Crippen molar-refractivity contribution in [3.8, 4) is 45.3 Å². The number of nitrogens with zero attached hydrogens (tertiary/aromatic N) is 4. The molecule has 0 fully saturated rings.